The van der Waals surface area contributed by atoms with Crippen molar-refractivity contribution in [3.8, 4) is 28.5 Å². The number of furan rings is 1. The number of thioether (sulfide) groups is 1. The van der Waals surface area contributed by atoms with Gasteiger partial charge in [-0.15, -0.1) is 11.8 Å². The van der Waals surface area contributed by atoms with E-state index in [1.165, 1.54) is 48.2 Å². The molecule has 5 nitrogen and oxygen atoms in total. The lowest BCUT2D eigenvalue weighted by atomic mass is 9.89. The minimum atomic E-state index is 0.236. The van der Waals surface area contributed by atoms with Crippen LogP contribution in [0.15, 0.2) is 203 Å². The Hall–Kier alpha value is -7.80. The minimum absolute atomic E-state index is 0.236. The van der Waals surface area contributed by atoms with E-state index in [4.69, 9.17) is 19.4 Å². The number of nitrogens with zero attached hydrogens (tertiary/aromatic N) is 4. The monoisotopic (exact) mass is 822 g/mol. The predicted octanol–water partition coefficient (Wildman–Crippen LogP) is 14.9. The predicted molar refractivity (Wildman–Crippen MR) is 261 cm³/mol. The normalized spacial score (nSPS) is 15.9. The number of aromatic nitrogens is 4. The van der Waals surface area contributed by atoms with Gasteiger partial charge in [-0.05, 0) is 92.5 Å². The Bertz CT molecular complexity index is 3890. The molecule has 4 heterocycles. The van der Waals surface area contributed by atoms with Crippen LogP contribution in [0.1, 0.15) is 17.3 Å². The van der Waals surface area contributed by atoms with Crippen LogP contribution in [0.3, 0.4) is 0 Å². The molecule has 9 aromatic carbocycles. The molecule has 3 aromatic heterocycles. The van der Waals surface area contributed by atoms with Gasteiger partial charge in [0.25, 0.3) is 0 Å². The molecule has 63 heavy (non-hydrogen) atoms. The molecular formula is C57H34N4OS. The van der Waals surface area contributed by atoms with Gasteiger partial charge in [0, 0.05) is 54.3 Å². The van der Waals surface area contributed by atoms with E-state index in [9.17, 15) is 0 Å². The van der Waals surface area contributed by atoms with Gasteiger partial charge in [0.1, 0.15) is 5.58 Å². The summed E-state index contributed by atoms with van der Waals surface area (Å²) in [5.74, 6) is 2.12. The molecule has 0 fully saturated rings. The van der Waals surface area contributed by atoms with Crippen molar-refractivity contribution in [3.05, 3.63) is 206 Å². The molecule has 2 atom stereocenters. The number of rotatable bonds is 4. The van der Waals surface area contributed by atoms with Crippen LogP contribution in [0.4, 0.5) is 0 Å². The van der Waals surface area contributed by atoms with Crippen molar-refractivity contribution in [1.29, 1.82) is 0 Å². The molecule has 12 aromatic rings. The molecule has 2 aliphatic rings. The number of benzene rings is 9. The van der Waals surface area contributed by atoms with E-state index in [2.05, 4.69) is 193 Å². The topological polar surface area (TPSA) is 56.7 Å². The SMILES string of the molecule is C1=CC2Sc3ccccc3C2C=C1c1nc(-c2ccc3ccccc3c2)nc(-c2ccc(-n3c4cc5ccccc5cc4c4cc5ccccc5cc43)c3oc4ccccc4c23)n1. The third-order valence-electron chi connectivity index (χ3n) is 13.1. The van der Waals surface area contributed by atoms with Crippen molar-refractivity contribution in [2.24, 2.45) is 0 Å². The zero-order valence-electron chi connectivity index (χ0n) is 33.7. The van der Waals surface area contributed by atoms with Crippen LogP contribution in [0.5, 0.6) is 0 Å². The van der Waals surface area contributed by atoms with Crippen LogP contribution in [0.2, 0.25) is 0 Å². The second kappa shape index (κ2) is 13.3. The highest BCUT2D eigenvalue weighted by Crippen LogP contribution is 2.50. The maximum absolute atomic E-state index is 7.02. The van der Waals surface area contributed by atoms with E-state index in [0.717, 1.165) is 60.7 Å². The molecule has 0 amide bonds. The van der Waals surface area contributed by atoms with Gasteiger partial charge in [-0.2, -0.15) is 0 Å². The van der Waals surface area contributed by atoms with Crippen LogP contribution < -0.4 is 0 Å². The van der Waals surface area contributed by atoms with Crippen LogP contribution in [0.25, 0.3) is 110 Å². The van der Waals surface area contributed by atoms with Gasteiger partial charge in [0.15, 0.2) is 23.1 Å². The zero-order chi connectivity index (χ0) is 41.2. The Labute approximate surface area is 365 Å². The van der Waals surface area contributed by atoms with Crippen LogP contribution >= 0.6 is 11.8 Å². The molecule has 1 aliphatic carbocycles. The molecule has 2 unspecified atom stereocenters. The molecule has 0 N–H and O–H groups in total. The third-order valence-corrected chi connectivity index (χ3v) is 14.5. The summed E-state index contributed by atoms with van der Waals surface area (Å²) in [6.07, 6.45) is 6.87. The minimum Gasteiger partial charge on any atom is -0.454 e. The highest BCUT2D eigenvalue weighted by atomic mass is 32.2. The molecule has 0 saturated heterocycles. The van der Waals surface area contributed by atoms with Gasteiger partial charge in [-0.1, -0.05) is 140 Å². The molecule has 0 saturated carbocycles. The smallest absolute Gasteiger partial charge is 0.164 e. The fourth-order valence-electron chi connectivity index (χ4n) is 10.1. The molecular weight excluding hydrogens is 789 g/mol. The molecule has 294 valence electrons. The zero-order valence-corrected chi connectivity index (χ0v) is 34.6. The van der Waals surface area contributed by atoms with Gasteiger partial charge in [0.2, 0.25) is 0 Å². The van der Waals surface area contributed by atoms with Gasteiger partial charge < -0.3 is 8.98 Å². The third kappa shape index (κ3) is 5.35. The quantitative estimate of drug-likeness (QED) is 0.177. The summed E-state index contributed by atoms with van der Waals surface area (Å²) in [6, 6.07) is 62.9. The Kier molecular flexibility index (Phi) is 7.39. The van der Waals surface area contributed by atoms with Gasteiger partial charge in [0.05, 0.1) is 16.7 Å². The Morgan fingerprint density at radius 1 is 0.508 bits per heavy atom. The second-order valence-corrected chi connectivity index (χ2v) is 17.9. The summed E-state index contributed by atoms with van der Waals surface area (Å²) in [6.45, 7) is 0. The lowest BCUT2D eigenvalue weighted by molar-refractivity contribution is 0.666. The first-order valence-electron chi connectivity index (χ1n) is 21.4. The molecule has 6 heteroatoms. The van der Waals surface area contributed by atoms with E-state index >= 15 is 0 Å². The number of hydrogen-bond donors (Lipinski definition) is 0. The molecule has 0 radical (unpaired) electrons. The van der Waals surface area contributed by atoms with Crippen molar-refractivity contribution < 1.29 is 4.42 Å². The maximum atomic E-state index is 7.02. The second-order valence-electron chi connectivity index (χ2n) is 16.7. The first-order valence-corrected chi connectivity index (χ1v) is 22.3. The van der Waals surface area contributed by atoms with Crippen molar-refractivity contribution in [3.63, 3.8) is 0 Å². The van der Waals surface area contributed by atoms with E-state index in [1.807, 2.05) is 17.8 Å². The van der Waals surface area contributed by atoms with E-state index in [0.29, 0.717) is 22.7 Å². The summed E-state index contributed by atoms with van der Waals surface area (Å²) in [5, 5.41) is 11.8. The summed E-state index contributed by atoms with van der Waals surface area (Å²) < 4.78 is 9.41. The lowest BCUT2D eigenvalue weighted by Gasteiger charge is -2.19. The van der Waals surface area contributed by atoms with E-state index in [1.54, 1.807) is 0 Å². The van der Waals surface area contributed by atoms with Crippen LogP contribution in [0, 0.1) is 0 Å². The van der Waals surface area contributed by atoms with Crippen LogP contribution in [-0.2, 0) is 0 Å². The van der Waals surface area contributed by atoms with Gasteiger partial charge in [-0.3, -0.25) is 0 Å². The van der Waals surface area contributed by atoms with Crippen molar-refractivity contribution in [2.45, 2.75) is 16.1 Å². The average Bonchev–Trinajstić information content (AvgIpc) is 4.01. The summed E-state index contributed by atoms with van der Waals surface area (Å²) in [7, 11) is 0. The largest absolute Gasteiger partial charge is 0.454 e. The highest BCUT2D eigenvalue weighted by Gasteiger charge is 2.33. The summed E-state index contributed by atoms with van der Waals surface area (Å²) in [4.78, 5) is 17.3. The number of fused-ring (bicyclic) bond motifs is 12. The van der Waals surface area contributed by atoms with E-state index in [-0.39, 0.29) is 5.92 Å². The van der Waals surface area contributed by atoms with Crippen LogP contribution in [-0.4, -0.2) is 24.8 Å². The van der Waals surface area contributed by atoms with Crippen molar-refractivity contribution in [1.82, 2.24) is 19.5 Å². The molecule has 14 rings (SSSR count). The lowest BCUT2D eigenvalue weighted by Crippen LogP contribution is -2.11. The van der Waals surface area contributed by atoms with E-state index < -0.39 is 0 Å². The standard InChI is InChI=1S/C57H34N4OS/c1-2-12-34-27-39(22-21-33(34)11-1)55-58-56(40-23-26-52-46(30-40)41-17-8-10-20-51(41)63-52)60-57(59-55)43-24-25-47(54-53(43)42-18-7-9-19-50(42)62-54)61-48-31-37-15-5-3-13-35(37)28-44(48)45-29-36-14-4-6-16-38(36)32-49(45)61/h1-32,46,52H. The average molecular weight is 823 g/mol. The first kappa shape index (κ1) is 34.9. The number of allylic oxidation sites excluding steroid dienone is 3. The number of para-hydroxylation sites is 1. The molecule has 0 spiro atoms. The highest BCUT2D eigenvalue weighted by molar-refractivity contribution is 8.00. The molecule has 0 bridgehead atoms. The first-order chi connectivity index (χ1) is 31.2. The fourth-order valence-corrected chi connectivity index (χ4v) is 11.4. The maximum Gasteiger partial charge on any atom is 0.164 e. The number of hydrogen-bond acceptors (Lipinski definition) is 5. The van der Waals surface area contributed by atoms with Gasteiger partial charge in [-0.25, -0.2) is 15.0 Å². The fraction of sp³-hybridized carbons (Fsp3) is 0.0351. The Balaban J connectivity index is 1.04. The summed E-state index contributed by atoms with van der Waals surface area (Å²) in [5.41, 5.74) is 8.97. The summed E-state index contributed by atoms with van der Waals surface area (Å²) >= 11 is 1.93. The Morgan fingerprint density at radius 3 is 1.89 bits per heavy atom. The van der Waals surface area contributed by atoms with Crippen molar-refractivity contribution >= 4 is 93.4 Å². The Morgan fingerprint density at radius 2 is 1.13 bits per heavy atom. The molecule has 1 aliphatic heterocycles. The van der Waals surface area contributed by atoms with Crippen molar-refractivity contribution in [2.75, 3.05) is 0 Å². The van der Waals surface area contributed by atoms with Gasteiger partial charge >= 0.3 is 0 Å².